The van der Waals surface area contributed by atoms with Crippen LogP contribution in [-0.4, -0.2) is 53.1 Å². The highest BCUT2D eigenvalue weighted by atomic mass is 127. The van der Waals surface area contributed by atoms with Gasteiger partial charge >= 0.3 is 0 Å². The van der Waals surface area contributed by atoms with E-state index in [0.717, 1.165) is 30.5 Å². The molecule has 0 aromatic carbocycles. The molecule has 0 bridgehead atoms. The summed E-state index contributed by atoms with van der Waals surface area (Å²) in [7, 11) is 0. The van der Waals surface area contributed by atoms with E-state index < -0.39 is 0 Å². The van der Waals surface area contributed by atoms with E-state index in [-0.39, 0.29) is 18.9 Å². The second-order valence-electron chi connectivity index (χ2n) is 3.35. The Morgan fingerprint density at radius 2 is 2.13 bits per heavy atom. The van der Waals surface area contributed by atoms with E-state index in [9.17, 15) is 4.79 Å². The zero-order valence-corrected chi connectivity index (χ0v) is 11.5. The highest BCUT2D eigenvalue weighted by Gasteiger charge is 2.03. The van der Waals surface area contributed by atoms with Gasteiger partial charge in [-0.3, -0.25) is 4.79 Å². The van der Waals surface area contributed by atoms with Crippen molar-refractivity contribution < 1.29 is 9.90 Å². The lowest BCUT2D eigenvalue weighted by molar-refractivity contribution is -0.121. The maximum Gasteiger partial charge on any atom is 0.222 e. The van der Waals surface area contributed by atoms with Gasteiger partial charge in [-0.15, -0.1) is 0 Å². The van der Waals surface area contributed by atoms with Crippen LogP contribution in [0.3, 0.4) is 0 Å². The first-order valence-electron chi connectivity index (χ1n) is 5.40. The van der Waals surface area contributed by atoms with Crippen LogP contribution in [0.15, 0.2) is 0 Å². The number of aliphatic hydroxyl groups excluding tert-OH is 1. The van der Waals surface area contributed by atoms with Gasteiger partial charge in [0.2, 0.25) is 5.91 Å². The first kappa shape index (κ1) is 15.1. The van der Waals surface area contributed by atoms with Gasteiger partial charge in [-0.2, -0.15) is 0 Å². The Morgan fingerprint density at radius 3 is 2.67 bits per heavy atom. The second-order valence-corrected chi connectivity index (χ2v) is 4.43. The Labute approximate surface area is 106 Å². The molecule has 0 unspecified atom stereocenters. The van der Waals surface area contributed by atoms with E-state index in [1.54, 1.807) is 0 Å². The number of alkyl halides is 1. The molecule has 0 saturated heterocycles. The summed E-state index contributed by atoms with van der Waals surface area (Å²) in [5.74, 6) is -0.0663. The maximum atomic E-state index is 11.0. The van der Waals surface area contributed by atoms with Crippen LogP contribution in [-0.2, 0) is 4.79 Å². The van der Waals surface area contributed by atoms with E-state index in [1.807, 2.05) is 0 Å². The fourth-order valence-electron chi connectivity index (χ4n) is 1.31. The molecule has 0 saturated carbocycles. The molecule has 0 rings (SSSR count). The largest absolute Gasteiger partial charge is 0.396 e. The standard InChI is InChI=1S/C10H21IN2O2/c1-2-6-13(7-4-11)8-5-12-10(15)3-9-14/h14H,2-9H2,1H3,(H,12,15). The fourth-order valence-corrected chi connectivity index (χ4v) is 2.00. The van der Waals surface area contributed by atoms with Crippen molar-refractivity contribution in [3.05, 3.63) is 0 Å². The van der Waals surface area contributed by atoms with Crippen molar-refractivity contribution in [1.82, 2.24) is 10.2 Å². The highest BCUT2D eigenvalue weighted by Crippen LogP contribution is 1.93. The predicted molar refractivity (Wildman–Crippen MR) is 70.3 cm³/mol. The average Bonchev–Trinajstić information content (AvgIpc) is 2.19. The minimum absolute atomic E-state index is 0.0663. The third-order valence-corrected chi connectivity index (χ3v) is 2.51. The molecule has 0 aromatic rings. The first-order valence-corrected chi connectivity index (χ1v) is 6.93. The predicted octanol–water partition coefficient (Wildman–Crippen LogP) is 0.632. The van der Waals surface area contributed by atoms with E-state index in [1.165, 1.54) is 0 Å². The number of carbonyl (C=O) groups excluding carboxylic acids is 1. The fraction of sp³-hybridized carbons (Fsp3) is 0.900. The molecule has 90 valence electrons. The van der Waals surface area contributed by atoms with Gasteiger partial charge < -0.3 is 15.3 Å². The summed E-state index contributed by atoms with van der Waals surface area (Å²) in [6.07, 6.45) is 1.35. The number of nitrogens with zero attached hydrogens (tertiary/aromatic N) is 1. The number of aliphatic hydroxyl groups is 1. The summed E-state index contributed by atoms with van der Waals surface area (Å²) in [4.78, 5) is 13.4. The molecule has 15 heavy (non-hydrogen) atoms. The molecule has 2 N–H and O–H groups in total. The molecule has 0 aliphatic rings. The van der Waals surface area contributed by atoms with Crippen molar-refractivity contribution in [2.45, 2.75) is 19.8 Å². The number of hydrogen-bond acceptors (Lipinski definition) is 3. The lowest BCUT2D eigenvalue weighted by Gasteiger charge is -2.20. The van der Waals surface area contributed by atoms with Crippen LogP contribution in [0.5, 0.6) is 0 Å². The summed E-state index contributed by atoms with van der Waals surface area (Å²) >= 11 is 2.36. The van der Waals surface area contributed by atoms with Crippen molar-refractivity contribution in [2.75, 3.05) is 37.2 Å². The summed E-state index contributed by atoms with van der Waals surface area (Å²) in [6.45, 7) is 5.81. The molecule has 0 spiro atoms. The molecule has 0 fully saturated rings. The van der Waals surface area contributed by atoms with Gasteiger partial charge in [0.15, 0.2) is 0 Å². The van der Waals surface area contributed by atoms with Crippen LogP contribution in [0.25, 0.3) is 0 Å². The van der Waals surface area contributed by atoms with Gasteiger partial charge in [0.05, 0.1) is 6.61 Å². The molecular weight excluding hydrogens is 307 g/mol. The van der Waals surface area contributed by atoms with E-state index in [4.69, 9.17) is 5.11 Å². The quantitative estimate of drug-likeness (QED) is 0.482. The monoisotopic (exact) mass is 328 g/mol. The summed E-state index contributed by atoms with van der Waals surface area (Å²) in [5, 5.41) is 11.3. The van der Waals surface area contributed by atoms with Gasteiger partial charge in [-0.05, 0) is 13.0 Å². The van der Waals surface area contributed by atoms with Gasteiger partial charge in [0.1, 0.15) is 0 Å². The van der Waals surface area contributed by atoms with Gasteiger partial charge in [0.25, 0.3) is 0 Å². The number of rotatable bonds is 9. The summed E-state index contributed by atoms with van der Waals surface area (Å²) in [6, 6.07) is 0. The van der Waals surface area contributed by atoms with Crippen molar-refractivity contribution >= 4 is 28.5 Å². The van der Waals surface area contributed by atoms with Gasteiger partial charge in [0, 0.05) is 30.5 Å². The molecule has 1 amide bonds. The molecular formula is C10H21IN2O2. The Bertz CT molecular complexity index is 162. The number of carbonyl (C=O) groups is 1. The van der Waals surface area contributed by atoms with Crippen molar-refractivity contribution in [1.29, 1.82) is 0 Å². The van der Waals surface area contributed by atoms with Crippen LogP contribution in [0.4, 0.5) is 0 Å². The van der Waals surface area contributed by atoms with Crippen molar-refractivity contribution in [3.63, 3.8) is 0 Å². The smallest absolute Gasteiger partial charge is 0.222 e. The molecule has 0 atom stereocenters. The lowest BCUT2D eigenvalue weighted by atomic mass is 10.4. The Morgan fingerprint density at radius 1 is 1.40 bits per heavy atom. The number of amides is 1. The minimum Gasteiger partial charge on any atom is -0.396 e. The third kappa shape index (κ3) is 9.07. The Kier molecular flexibility index (Phi) is 10.7. The SMILES string of the molecule is CCCN(CCI)CCNC(=O)CCO. The maximum absolute atomic E-state index is 11.0. The van der Waals surface area contributed by atoms with Crippen LogP contribution >= 0.6 is 22.6 Å². The highest BCUT2D eigenvalue weighted by molar-refractivity contribution is 14.1. The van der Waals surface area contributed by atoms with Crippen LogP contribution in [0.1, 0.15) is 19.8 Å². The van der Waals surface area contributed by atoms with Gasteiger partial charge in [-0.1, -0.05) is 29.5 Å². The molecule has 0 heterocycles. The van der Waals surface area contributed by atoms with Crippen molar-refractivity contribution in [2.24, 2.45) is 0 Å². The Balaban J connectivity index is 3.55. The molecule has 0 radical (unpaired) electrons. The zero-order valence-electron chi connectivity index (χ0n) is 9.34. The normalized spacial score (nSPS) is 10.7. The molecule has 5 heteroatoms. The first-order chi connectivity index (χ1) is 7.24. The van der Waals surface area contributed by atoms with E-state index in [0.29, 0.717) is 6.54 Å². The topological polar surface area (TPSA) is 52.6 Å². The summed E-state index contributed by atoms with van der Waals surface area (Å²) in [5.41, 5.74) is 0. The van der Waals surface area contributed by atoms with Crippen LogP contribution in [0, 0.1) is 0 Å². The third-order valence-electron chi connectivity index (χ3n) is 2.03. The second kappa shape index (κ2) is 10.6. The molecule has 4 nitrogen and oxygen atoms in total. The minimum atomic E-state index is -0.0712. The summed E-state index contributed by atoms with van der Waals surface area (Å²) < 4.78 is 1.11. The zero-order chi connectivity index (χ0) is 11.5. The Hall–Kier alpha value is 0.120. The molecule has 0 aliphatic carbocycles. The van der Waals surface area contributed by atoms with Crippen LogP contribution < -0.4 is 5.32 Å². The van der Waals surface area contributed by atoms with Crippen LogP contribution in [0.2, 0.25) is 0 Å². The average molecular weight is 328 g/mol. The lowest BCUT2D eigenvalue weighted by Crippen LogP contribution is -2.36. The van der Waals surface area contributed by atoms with Crippen molar-refractivity contribution in [3.8, 4) is 0 Å². The molecule has 0 aliphatic heterocycles. The number of nitrogens with one attached hydrogen (secondary N) is 1. The number of halogens is 1. The van der Waals surface area contributed by atoms with E-state index >= 15 is 0 Å². The molecule has 0 aromatic heterocycles. The number of hydrogen-bond donors (Lipinski definition) is 2. The van der Waals surface area contributed by atoms with Gasteiger partial charge in [-0.25, -0.2) is 0 Å². The van der Waals surface area contributed by atoms with E-state index in [2.05, 4.69) is 39.7 Å².